The van der Waals surface area contributed by atoms with Crippen LogP contribution in [0.5, 0.6) is 5.75 Å². The van der Waals surface area contributed by atoms with Gasteiger partial charge in [0, 0.05) is 12.1 Å². The molecule has 2 amide bonds. The first-order valence-corrected chi connectivity index (χ1v) is 6.59. The van der Waals surface area contributed by atoms with E-state index in [-0.39, 0.29) is 11.4 Å². The molecule has 0 saturated heterocycles. The molecule has 5 heteroatoms. The van der Waals surface area contributed by atoms with Crippen LogP contribution in [0.1, 0.15) is 33.3 Å². The van der Waals surface area contributed by atoms with Gasteiger partial charge in [0.1, 0.15) is 5.75 Å². The van der Waals surface area contributed by atoms with Crippen molar-refractivity contribution in [3.05, 3.63) is 23.8 Å². The van der Waals surface area contributed by atoms with Crippen molar-refractivity contribution in [1.29, 1.82) is 0 Å². The van der Waals surface area contributed by atoms with Crippen molar-refractivity contribution in [1.82, 2.24) is 4.90 Å². The maximum absolute atomic E-state index is 12.1. The molecular formula is C15H22N2O3. The van der Waals surface area contributed by atoms with Crippen LogP contribution < -0.4 is 5.32 Å². The molecule has 0 spiro atoms. The van der Waals surface area contributed by atoms with Crippen LogP contribution in [0.2, 0.25) is 0 Å². The maximum Gasteiger partial charge on any atom is 0.314 e. The normalized spacial score (nSPS) is 11.1. The summed E-state index contributed by atoms with van der Waals surface area (Å²) >= 11 is 0. The third-order valence-corrected chi connectivity index (χ3v) is 2.97. The molecule has 0 radical (unpaired) electrons. The number of benzene rings is 1. The van der Waals surface area contributed by atoms with Crippen LogP contribution in [-0.2, 0) is 9.59 Å². The molecule has 2 N–H and O–H groups in total. The number of carbonyl (C=O) groups is 2. The first-order chi connectivity index (χ1) is 9.16. The van der Waals surface area contributed by atoms with E-state index in [0.29, 0.717) is 6.54 Å². The fourth-order valence-corrected chi connectivity index (χ4v) is 1.97. The largest absolute Gasteiger partial charge is 0.506 e. The Morgan fingerprint density at radius 3 is 2.35 bits per heavy atom. The molecule has 110 valence electrons. The van der Waals surface area contributed by atoms with Crippen molar-refractivity contribution in [2.75, 3.05) is 11.9 Å². The molecule has 0 fully saturated rings. The van der Waals surface area contributed by atoms with E-state index >= 15 is 0 Å². The second-order valence-electron chi connectivity index (χ2n) is 5.69. The van der Waals surface area contributed by atoms with Crippen LogP contribution in [0.3, 0.4) is 0 Å². The van der Waals surface area contributed by atoms with Crippen LogP contribution in [0.4, 0.5) is 5.69 Å². The predicted octanol–water partition coefficient (Wildman–Crippen LogP) is 2.29. The van der Waals surface area contributed by atoms with Gasteiger partial charge in [0.25, 0.3) is 0 Å². The fourth-order valence-electron chi connectivity index (χ4n) is 1.97. The summed E-state index contributed by atoms with van der Waals surface area (Å²) in [5.74, 6) is -1.41. The highest BCUT2D eigenvalue weighted by Crippen LogP contribution is 2.24. The molecule has 0 bridgehead atoms. The standard InChI is InChI=1S/C15H22N2O3/c1-6-17(15(3,4)5)14(20)13(19)16-11-8-7-10(2)9-12(11)18/h7-9,18H,6H2,1-5H3,(H,16,19). The van der Waals surface area contributed by atoms with E-state index in [9.17, 15) is 14.7 Å². The molecule has 0 unspecified atom stereocenters. The van der Waals surface area contributed by atoms with Crippen molar-refractivity contribution < 1.29 is 14.7 Å². The molecule has 1 aromatic rings. The number of hydrogen-bond acceptors (Lipinski definition) is 3. The fraction of sp³-hybridized carbons (Fsp3) is 0.467. The Kier molecular flexibility index (Phi) is 4.76. The zero-order valence-electron chi connectivity index (χ0n) is 12.7. The van der Waals surface area contributed by atoms with Gasteiger partial charge >= 0.3 is 11.8 Å². The van der Waals surface area contributed by atoms with Crippen LogP contribution in [0, 0.1) is 6.92 Å². The number of hydrogen-bond donors (Lipinski definition) is 2. The van der Waals surface area contributed by atoms with Gasteiger partial charge in [0.05, 0.1) is 5.69 Å². The van der Waals surface area contributed by atoms with E-state index in [4.69, 9.17) is 0 Å². The van der Waals surface area contributed by atoms with Gasteiger partial charge < -0.3 is 15.3 Å². The van der Waals surface area contributed by atoms with Gasteiger partial charge in [0.15, 0.2) is 0 Å². The molecule has 0 heterocycles. The zero-order chi connectivity index (χ0) is 15.5. The quantitative estimate of drug-likeness (QED) is 0.644. The average molecular weight is 278 g/mol. The minimum Gasteiger partial charge on any atom is -0.506 e. The van der Waals surface area contributed by atoms with Crippen molar-refractivity contribution in [3.8, 4) is 5.75 Å². The number of nitrogens with one attached hydrogen (secondary N) is 1. The average Bonchev–Trinajstić information content (AvgIpc) is 2.31. The summed E-state index contributed by atoms with van der Waals surface area (Å²) in [6.07, 6.45) is 0. The highest BCUT2D eigenvalue weighted by molar-refractivity contribution is 6.39. The Morgan fingerprint density at radius 1 is 1.30 bits per heavy atom. The molecule has 20 heavy (non-hydrogen) atoms. The van der Waals surface area contributed by atoms with Crippen molar-refractivity contribution in [3.63, 3.8) is 0 Å². The van der Waals surface area contributed by atoms with Crippen molar-refractivity contribution in [2.45, 2.75) is 40.2 Å². The smallest absolute Gasteiger partial charge is 0.314 e. The van der Waals surface area contributed by atoms with Gasteiger partial charge in [0.2, 0.25) is 0 Å². The maximum atomic E-state index is 12.1. The zero-order valence-corrected chi connectivity index (χ0v) is 12.7. The lowest BCUT2D eigenvalue weighted by atomic mass is 10.1. The number of aryl methyl sites for hydroxylation is 1. The molecule has 0 aromatic heterocycles. The molecule has 1 aromatic carbocycles. The lowest BCUT2D eigenvalue weighted by Gasteiger charge is -2.34. The first-order valence-electron chi connectivity index (χ1n) is 6.59. The van der Waals surface area contributed by atoms with Crippen LogP contribution >= 0.6 is 0 Å². The first kappa shape index (κ1) is 16.0. The number of anilines is 1. The van der Waals surface area contributed by atoms with Gasteiger partial charge in [-0.15, -0.1) is 0 Å². The molecule has 0 saturated carbocycles. The highest BCUT2D eigenvalue weighted by atomic mass is 16.3. The second kappa shape index (κ2) is 5.94. The minimum absolute atomic E-state index is 0.0510. The van der Waals surface area contributed by atoms with Gasteiger partial charge in [-0.1, -0.05) is 6.07 Å². The van der Waals surface area contributed by atoms with E-state index in [1.165, 1.54) is 11.0 Å². The number of nitrogens with zero attached hydrogens (tertiary/aromatic N) is 1. The minimum atomic E-state index is -0.749. The monoisotopic (exact) mass is 278 g/mol. The van der Waals surface area contributed by atoms with Gasteiger partial charge in [-0.3, -0.25) is 9.59 Å². The molecular weight excluding hydrogens is 256 g/mol. The molecule has 1 rings (SSSR count). The lowest BCUT2D eigenvalue weighted by molar-refractivity contribution is -0.146. The van der Waals surface area contributed by atoms with Gasteiger partial charge in [-0.05, 0) is 52.3 Å². The third-order valence-electron chi connectivity index (χ3n) is 2.97. The van der Waals surface area contributed by atoms with E-state index in [1.54, 1.807) is 12.1 Å². The van der Waals surface area contributed by atoms with E-state index in [0.717, 1.165) is 5.56 Å². The van der Waals surface area contributed by atoms with Crippen molar-refractivity contribution >= 4 is 17.5 Å². The lowest BCUT2D eigenvalue weighted by Crippen LogP contribution is -2.49. The van der Waals surface area contributed by atoms with Crippen LogP contribution in [0.15, 0.2) is 18.2 Å². The van der Waals surface area contributed by atoms with Gasteiger partial charge in [-0.2, -0.15) is 0 Å². The Hall–Kier alpha value is -2.04. The number of carbonyl (C=O) groups excluding carboxylic acids is 2. The molecule has 0 aliphatic rings. The van der Waals surface area contributed by atoms with E-state index < -0.39 is 17.4 Å². The van der Waals surface area contributed by atoms with Crippen molar-refractivity contribution in [2.24, 2.45) is 0 Å². The summed E-state index contributed by atoms with van der Waals surface area (Å²) in [4.78, 5) is 25.6. The molecule has 5 nitrogen and oxygen atoms in total. The Balaban J connectivity index is 2.88. The van der Waals surface area contributed by atoms with Crippen LogP contribution in [0.25, 0.3) is 0 Å². The summed E-state index contributed by atoms with van der Waals surface area (Å²) < 4.78 is 0. The number of phenolic OH excluding ortho intramolecular Hbond substituents is 1. The molecule has 0 aliphatic carbocycles. The Labute approximate surface area is 119 Å². The Bertz CT molecular complexity index is 518. The summed E-state index contributed by atoms with van der Waals surface area (Å²) in [7, 11) is 0. The second-order valence-corrected chi connectivity index (χ2v) is 5.69. The predicted molar refractivity (Wildman–Crippen MR) is 78.6 cm³/mol. The topological polar surface area (TPSA) is 69.6 Å². The van der Waals surface area contributed by atoms with Crippen LogP contribution in [-0.4, -0.2) is 33.9 Å². The summed E-state index contributed by atoms with van der Waals surface area (Å²) in [6, 6.07) is 4.85. The number of amides is 2. The number of rotatable bonds is 2. The third kappa shape index (κ3) is 3.73. The highest BCUT2D eigenvalue weighted by Gasteiger charge is 2.29. The van der Waals surface area contributed by atoms with Gasteiger partial charge in [-0.25, -0.2) is 0 Å². The Morgan fingerprint density at radius 2 is 1.90 bits per heavy atom. The molecule has 0 aliphatic heterocycles. The summed E-state index contributed by atoms with van der Waals surface area (Å²) in [5, 5.41) is 12.2. The summed E-state index contributed by atoms with van der Waals surface area (Å²) in [5.41, 5.74) is 0.675. The number of likely N-dealkylation sites (N-methyl/N-ethyl adjacent to an activating group) is 1. The number of phenols is 1. The van der Waals surface area contributed by atoms with E-state index in [2.05, 4.69) is 5.32 Å². The SMILES string of the molecule is CCN(C(=O)C(=O)Nc1ccc(C)cc1O)C(C)(C)C. The summed E-state index contributed by atoms with van der Waals surface area (Å²) in [6.45, 7) is 9.69. The van der Waals surface area contributed by atoms with E-state index in [1.807, 2.05) is 34.6 Å². The number of aromatic hydroxyl groups is 1. The molecule has 0 atom stereocenters.